The number of carbonyl (C=O) groups excluding carboxylic acids is 2. The number of ether oxygens (including phenoxy) is 2. The van der Waals surface area contributed by atoms with Gasteiger partial charge in [-0.3, -0.25) is 9.59 Å². The molecule has 3 atom stereocenters. The smallest absolute Gasteiger partial charge is 0.318 e. The number of rotatable bonds is 5. The van der Waals surface area contributed by atoms with Crippen molar-refractivity contribution in [2.24, 2.45) is 33.5 Å². The molecule has 1 aliphatic rings. The molecule has 1 aliphatic heterocycles. The van der Waals surface area contributed by atoms with Crippen molar-refractivity contribution in [3.05, 3.63) is 0 Å². The Labute approximate surface area is 154 Å². The first-order valence-corrected chi connectivity index (χ1v) is 9.25. The molecular formula is C21H38O4. The molecule has 1 fully saturated rings. The van der Waals surface area contributed by atoms with E-state index in [0.717, 1.165) is 6.42 Å². The van der Waals surface area contributed by atoms with Crippen molar-refractivity contribution in [1.29, 1.82) is 0 Å². The fourth-order valence-electron chi connectivity index (χ4n) is 4.07. The van der Waals surface area contributed by atoms with E-state index in [0.29, 0.717) is 0 Å². The van der Waals surface area contributed by atoms with Gasteiger partial charge in [-0.1, -0.05) is 69.2 Å². The summed E-state index contributed by atoms with van der Waals surface area (Å²) in [7, 11) is 1.73. The average Bonchev–Trinajstić information content (AvgIpc) is 2.69. The first kappa shape index (κ1) is 22.1. The van der Waals surface area contributed by atoms with Crippen LogP contribution in [0, 0.1) is 33.5 Å². The van der Waals surface area contributed by atoms with Gasteiger partial charge in [-0.05, 0) is 28.1 Å². The second kappa shape index (κ2) is 6.68. The Hall–Kier alpha value is -0.900. The van der Waals surface area contributed by atoms with Gasteiger partial charge in [0.1, 0.15) is 0 Å². The predicted molar refractivity (Wildman–Crippen MR) is 100.0 cm³/mol. The normalized spacial score (nSPS) is 24.4. The molecule has 0 aromatic carbocycles. The topological polar surface area (TPSA) is 52.6 Å². The largest absolute Gasteiger partial charge is 0.393 e. The first-order chi connectivity index (χ1) is 11.0. The second-order valence-electron chi connectivity index (χ2n) is 11.0. The maximum atomic E-state index is 12.6. The van der Waals surface area contributed by atoms with E-state index >= 15 is 0 Å². The van der Waals surface area contributed by atoms with Crippen molar-refractivity contribution >= 4 is 11.9 Å². The predicted octanol–water partition coefficient (Wildman–Crippen LogP) is 4.85. The summed E-state index contributed by atoms with van der Waals surface area (Å²) in [6.07, 6.45) is 0.835. The van der Waals surface area contributed by atoms with E-state index in [9.17, 15) is 9.59 Å². The lowest BCUT2D eigenvalue weighted by molar-refractivity contribution is -0.157. The van der Waals surface area contributed by atoms with Gasteiger partial charge in [-0.25, -0.2) is 0 Å². The molecule has 4 heteroatoms. The summed E-state index contributed by atoms with van der Waals surface area (Å²) in [5.41, 5.74) is -1.04. The van der Waals surface area contributed by atoms with Crippen molar-refractivity contribution in [2.75, 3.05) is 7.11 Å². The quantitative estimate of drug-likeness (QED) is 0.523. The summed E-state index contributed by atoms with van der Waals surface area (Å²) < 4.78 is 11.0. The van der Waals surface area contributed by atoms with Gasteiger partial charge in [-0.2, -0.15) is 0 Å². The Balaban J connectivity index is 3.35. The zero-order valence-electron chi connectivity index (χ0n) is 18.1. The molecule has 4 nitrogen and oxygen atoms in total. The van der Waals surface area contributed by atoms with Gasteiger partial charge in [0, 0.05) is 7.11 Å². The molecule has 0 bridgehead atoms. The molecule has 3 unspecified atom stereocenters. The zero-order chi connectivity index (χ0) is 20.0. The third-order valence-electron chi connectivity index (χ3n) is 6.30. The summed E-state index contributed by atoms with van der Waals surface area (Å²) in [6.45, 7) is 21.0. The summed E-state index contributed by atoms with van der Waals surface area (Å²) in [5, 5.41) is 0. The maximum absolute atomic E-state index is 12.6. The SMILES string of the molecule is COC(CC(C)(C)C)C(C)(C)C(C)(C)C1C(=O)OC(=O)C1C(C)(C)C. The number of methoxy groups -OCH3 is 1. The van der Waals surface area contributed by atoms with Crippen molar-refractivity contribution < 1.29 is 19.1 Å². The Bertz CT molecular complexity index is 517. The molecule has 0 amide bonds. The van der Waals surface area contributed by atoms with Gasteiger partial charge in [0.25, 0.3) is 0 Å². The summed E-state index contributed by atoms with van der Waals surface area (Å²) in [5.74, 6) is -1.71. The molecule has 1 heterocycles. The molecule has 0 aromatic rings. The van der Waals surface area contributed by atoms with E-state index in [1.165, 1.54) is 0 Å². The third-order valence-corrected chi connectivity index (χ3v) is 6.30. The molecule has 0 spiro atoms. The van der Waals surface area contributed by atoms with Crippen LogP contribution in [0.25, 0.3) is 0 Å². The van der Waals surface area contributed by atoms with E-state index < -0.39 is 29.2 Å². The molecule has 0 aliphatic carbocycles. The van der Waals surface area contributed by atoms with Gasteiger partial charge >= 0.3 is 11.9 Å². The van der Waals surface area contributed by atoms with Crippen LogP contribution in [0.4, 0.5) is 0 Å². The van der Waals surface area contributed by atoms with Crippen molar-refractivity contribution in [2.45, 2.75) is 81.8 Å². The lowest BCUT2D eigenvalue weighted by Gasteiger charge is -2.51. The molecule has 0 N–H and O–H groups in total. The minimum Gasteiger partial charge on any atom is -0.393 e. The molecule has 25 heavy (non-hydrogen) atoms. The third kappa shape index (κ3) is 4.27. The van der Waals surface area contributed by atoms with E-state index in [2.05, 4.69) is 48.5 Å². The van der Waals surface area contributed by atoms with E-state index in [4.69, 9.17) is 9.47 Å². The first-order valence-electron chi connectivity index (χ1n) is 9.25. The zero-order valence-corrected chi connectivity index (χ0v) is 18.1. The molecule has 0 saturated carbocycles. The van der Waals surface area contributed by atoms with Crippen LogP contribution < -0.4 is 0 Å². The molecule has 0 aromatic heterocycles. The highest BCUT2D eigenvalue weighted by atomic mass is 16.6. The Morgan fingerprint density at radius 2 is 1.32 bits per heavy atom. The van der Waals surface area contributed by atoms with Crippen LogP contribution >= 0.6 is 0 Å². The molecule has 0 radical (unpaired) electrons. The van der Waals surface area contributed by atoms with E-state index in [1.807, 2.05) is 20.8 Å². The number of hydrogen-bond donors (Lipinski definition) is 0. The van der Waals surface area contributed by atoms with Crippen molar-refractivity contribution in [3.8, 4) is 0 Å². The maximum Gasteiger partial charge on any atom is 0.318 e. The van der Waals surface area contributed by atoms with Crippen LogP contribution in [-0.4, -0.2) is 25.2 Å². The lowest BCUT2D eigenvalue weighted by atomic mass is 9.53. The van der Waals surface area contributed by atoms with Crippen LogP contribution in [0.3, 0.4) is 0 Å². The average molecular weight is 355 g/mol. The number of hydrogen-bond acceptors (Lipinski definition) is 4. The minimum atomic E-state index is -0.479. The van der Waals surface area contributed by atoms with Crippen LogP contribution in [-0.2, 0) is 19.1 Å². The van der Waals surface area contributed by atoms with Crippen LogP contribution in [0.1, 0.15) is 75.7 Å². The number of esters is 2. The number of carbonyl (C=O) groups is 2. The molecule has 1 saturated heterocycles. The van der Waals surface area contributed by atoms with Gasteiger partial charge in [-0.15, -0.1) is 0 Å². The molecular weight excluding hydrogens is 316 g/mol. The molecule has 146 valence electrons. The highest BCUT2D eigenvalue weighted by molar-refractivity contribution is 5.97. The van der Waals surface area contributed by atoms with Crippen LogP contribution in [0.15, 0.2) is 0 Å². The summed E-state index contributed by atoms with van der Waals surface area (Å²) in [6, 6.07) is 0. The highest BCUT2D eigenvalue weighted by Gasteiger charge is 2.61. The van der Waals surface area contributed by atoms with Crippen LogP contribution in [0.5, 0.6) is 0 Å². The van der Waals surface area contributed by atoms with Gasteiger partial charge < -0.3 is 9.47 Å². The molecule has 1 rings (SSSR count). The van der Waals surface area contributed by atoms with Crippen molar-refractivity contribution in [1.82, 2.24) is 0 Å². The van der Waals surface area contributed by atoms with Gasteiger partial charge in [0.2, 0.25) is 0 Å². The standard InChI is InChI=1S/C21H38O4/c1-18(2,3)12-13(24-11)20(7,8)21(9,10)15-14(19(4,5)6)16(22)25-17(15)23/h13-15H,12H2,1-11H3. The Morgan fingerprint density at radius 1 is 0.880 bits per heavy atom. The fraction of sp³-hybridized carbons (Fsp3) is 0.905. The van der Waals surface area contributed by atoms with Gasteiger partial charge in [0.15, 0.2) is 0 Å². The minimum absolute atomic E-state index is 0.0355. The Kier molecular flexibility index (Phi) is 5.92. The van der Waals surface area contributed by atoms with Gasteiger partial charge in [0.05, 0.1) is 17.9 Å². The number of cyclic esters (lactones) is 2. The van der Waals surface area contributed by atoms with E-state index in [1.54, 1.807) is 7.11 Å². The van der Waals surface area contributed by atoms with Crippen LogP contribution in [0.2, 0.25) is 0 Å². The van der Waals surface area contributed by atoms with E-state index in [-0.39, 0.29) is 22.3 Å². The Morgan fingerprint density at radius 3 is 1.68 bits per heavy atom. The summed E-state index contributed by atoms with van der Waals surface area (Å²) >= 11 is 0. The monoisotopic (exact) mass is 354 g/mol. The fourth-order valence-corrected chi connectivity index (χ4v) is 4.07. The van der Waals surface area contributed by atoms with Crippen molar-refractivity contribution in [3.63, 3.8) is 0 Å². The summed E-state index contributed by atoms with van der Waals surface area (Å²) in [4.78, 5) is 25.1. The second-order valence-corrected chi connectivity index (χ2v) is 11.0. The lowest BCUT2D eigenvalue weighted by Crippen LogP contribution is -2.52. The highest BCUT2D eigenvalue weighted by Crippen LogP contribution is 2.56.